The second kappa shape index (κ2) is 6.29. The molecule has 1 aromatic rings. The second-order valence-corrected chi connectivity index (χ2v) is 5.80. The highest BCUT2D eigenvalue weighted by Crippen LogP contribution is 2.26. The number of carbonyl (C=O) groups excluding carboxylic acids is 1. The molecule has 1 unspecified atom stereocenters. The van der Waals surface area contributed by atoms with Gasteiger partial charge in [0.15, 0.2) is 0 Å². The van der Waals surface area contributed by atoms with Crippen LogP contribution in [-0.2, 0) is 0 Å². The molecule has 1 saturated carbocycles. The standard InChI is InChI=1S/C15H21ClN2O/c1-10(11-5-3-2-4-6-11)18-15(19)12-7-8-14(17)13(16)9-12/h7-11H,2-6,17H2,1H3,(H,18,19). The van der Waals surface area contributed by atoms with Crippen LogP contribution in [-0.4, -0.2) is 11.9 Å². The van der Waals surface area contributed by atoms with Crippen molar-refractivity contribution in [2.24, 2.45) is 5.92 Å². The normalized spacial score (nSPS) is 18.0. The molecule has 3 nitrogen and oxygen atoms in total. The van der Waals surface area contributed by atoms with Crippen LogP contribution in [0, 0.1) is 5.92 Å². The Hall–Kier alpha value is -1.22. The molecule has 4 heteroatoms. The minimum Gasteiger partial charge on any atom is -0.398 e. The van der Waals surface area contributed by atoms with Crippen molar-refractivity contribution >= 4 is 23.2 Å². The van der Waals surface area contributed by atoms with Crippen molar-refractivity contribution in [1.29, 1.82) is 0 Å². The summed E-state index contributed by atoms with van der Waals surface area (Å²) in [4.78, 5) is 12.2. The summed E-state index contributed by atoms with van der Waals surface area (Å²) in [7, 11) is 0. The maximum absolute atomic E-state index is 12.2. The first-order valence-electron chi connectivity index (χ1n) is 6.94. The molecule has 19 heavy (non-hydrogen) atoms. The highest BCUT2D eigenvalue weighted by molar-refractivity contribution is 6.33. The van der Waals surface area contributed by atoms with E-state index in [0.29, 0.717) is 22.2 Å². The molecule has 0 aromatic heterocycles. The summed E-state index contributed by atoms with van der Waals surface area (Å²) in [6, 6.07) is 5.22. The van der Waals surface area contributed by atoms with Crippen molar-refractivity contribution in [1.82, 2.24) is 5.32 Å². The van der Waals surface area contributed by atoms with E-state index in [-0.39, 0.29) is 11.9 Å². The molecule has 1 aromatic carbocycles. The topological polar surface area (TPSA) is 55.1 Å². The van der Waals surface area contributed by atoms with E-state index in [2.05, 4.69) is 12.2 Å². The lowest BCUT2D eigenvalue weighted by atomic mass is 9.84. The molecule has 2 rings (SSSR count). The summed E-state index contributed by atoms with van der Waals surface area (Å²) in [5.74, 6) is 0.530. The van der Waals surface area contributed by atoms with Crippen molar-refractivity contribution in [3.8, 4) is 0 Å². The van der Waals surface area contributed by atoms with E-state index >= 15 is 0 Å². The Balaban J connectivity index is 1.97. The van der Waals surface area contributed by atoms with Gasteiger partial charge in [0.25, 0.3) is 5.91 Å². The van der Waals surface area contributed by atoms with Crippen molar-refractivity contribution in [2.45, 2.75) is 45.1 Å². The summed E-state index contributed by atoms with van der Waals surface area (Å²) < 4.78 is 0. The highest BCUT2D eigenvalue weighted by atomic mass is 35.5. The molecular formula is C15H21ClN2O. The van der Waals surface area contributed by atoms with Gasteiger partial charge in [0.1, 0.15) is 0 Å². The van der Waals surface area contributed by atoms with Crippen LogP contribution in [0.3, 0.4) is 0 Å². The molecule has 0 aliphatic heterocycles. The lowest BCUT2D eigenvalue weighted by Crippen LogP contribution is -2.38. The zero-order chi connectivity index (χ0) is 13.8. The first kappa shape index (κ1) is 14.2. The minimum atomic E-state index is -0.0695. The largest absolute Gasteiger partial charge is 0.398 e. The number of nitrogens with one attached hydrogen (secondary N) is 1. The lowest BCUT2D eigenvalue weighted by molar-refractivity contribution is 0.0919. The summed E-state index contributed by atoms with van der Waals surface area (Å²) >= 11 is 5.94. The van der Waals surface area contributed by atoms with E-state index in [4.69, 9.17) is 17.3 Å². The lowest BCUT2D eigenvalue weighted by Gasteiger charge is -2.28. The van der Waals surface area contributed by atoms with Crippen LogP contribution >= 0.6 is 11.6 Å². The molecule has 1 amide bonds. The van der Waals surface area contributed by atoms with Gasteiger partial charge in [-0.3, -0.25) is 4.79 Å². The van der Waals surface area contributed by atoms with Gasteiger partial charge in [-0.15, -0.1) is 0 Å². The number of halogens is 1. The Morgan fingerprint density at radius 2 is 2.05 bits per heavy atom. The van der Waals surface area contributed by atoms with Gasteiger partial charge >= 0.3 is 0 Å². The smallest absolute Gasteiger partial charge is 0.251 e. The number of hydrogen-bond donors (Lipinski definition) is 2. The molecule has 0 spiro atoms. The quantitative estimate of drug-likeness (QED) is 0.831. The van der Waals surface area contributed by atoms with E-state index in [1.165, 1.54) is 32.1 Å². The molecule has 1 aliphatic carbocycles. The maximum Gasteiger partial charge on any atom is 0.251 e. The predicted molar refractivity (Wildman–Crippen MR) is 79.4 cm³/mol. The molecule has 104 valence electrons. The highest BCUT2D eigenvalue weighted by Gasteiger charge is 2.21. The summed E-state index contributed by atoms with van der Waals surface area (Å²) in [5.41, 5.74) is 6.71. The number of nitrogen functional groups attached to an aromatic ring is 1. The van der Waals surface area contributed by atoms with Gasteiger partial charge in [0.2, 0.25) is 0 Å². The number of anilines is 1. The van der Waals surface area contributed by atoms with Gasteiger partial charge < -0.3 is 11.1 Å². The molecule has 0 heterocycles. The molecule has 3 N–H and O–H groups in total. The van der Waals surface area contributed by atoms with E-state index in [0.717, 1.165) is 0 Å². The fourth-order valence-electron chi connectivity index (χ4n) is 2.71. The van der Waals surface area contributed by atoms with E-state index < -0.39 is 0 Å². The van der Waals surface area contributed by atoms with Crippen LogP contribution in [0.25, 0.3) is 0 Å². The van der Waals surface area contributed by atoms with Gasteiger partial charge in [0.05, 0.1) is 10.7 Å². The van der Waals surface area contributed by atoms with Gasteiger partial charge in [-0.2, -0.15) is 0 Å². The van der Waals surface area contributed by atoms with Crippen molar-refractivity contribution in [3.63, 3.8) is 0 Å². The van der Waals surface area contributed by atoms with Crippen LogP contribution in [0.2, 0.25) is 5.02 Å². The summed E-state index contributed by atoms with van der Waals surface area (Å²) in [6.07, 6.45) is 6.30. The Morgan fingerprint density at radius 3 is 2.68 bits per heavy atom. The zero-order valence-corrected chi connectivity index (χ0v) is 12.0. The molecule has 0 radical (unpaired) electrons. The van der Waals surface area contributed by atoms with Crippen LogP contribution in [0.15, 0.2) is 18.2 Å². The monoisotopic (exact) mass is 280 g/mol. The third kappa shape index (κ3) is 3.63. The van der Waals surface area contributed by atoms with Crippen molar-refractivity contribution in [2.75, 3.05) is 5.73 Å². The van der Waals surface area contributed by atoms with Crippen LogP contribution < -0.4 is 11.1 Å². The SMILES string of the molecule is CC(NC(=O)c1ccc(N)c(Cl)c1)C1CCCCC1. The molecule has 1 aliphatic rings. The number of benzene rings is 1. The fourth-order valence-corrected chi connectivity index (χ4v) is 2.89. The molecular weight excluding hydrogens is 260 g/mol. The number of hydrogen-bond acceptors (Lipinski definition) is 2. The van der Waals surface area contributed by atoms with E-state index in [1.807, 2.05) is 0 Å². The van der Waals surface area contributed by atoms with Gasteiger partial charge in [0, 0.05) is 11.6 Å². The van der Waals surface area contributed by atoms with Gasteiger partial charge in [-0.1, -0.05) is 30.9 Å². The number of carbonyl (C=O) groups is 1. The third-order valence-electron chi connectivity index (χ3n) is 3.98. The van der Waals surface area contributed by atoms with Crippen molar-refractivity contribution in [3.05, 3.63) is 28.8 Å². The second-order valence-electron chi connectivity index (χ2n) is 5.40. The van der Waals surface area contributed by atoms with Gasteiger partial charge in [-0.25, -0.2) is 0 Å². The Labute approximate surface area is 119 Å². The maximum atomic E-state index is 12.2. The van der Waals surface area contributed by atoms with Crippen LogP contribution in [0.1, 0.15) is 49.4 Å². The van der Waals surface area contributed by atoms with Crippen LogP contribution in [0.5, 0.6) is 0 Å². The van der Waals surface area contributed by atoms with E-state index in [9.17, 15) is 4.79 Å². The predicted octanol–water partition coefficient (Wildman–Crippen LogP) is 3.62. The molecule has 0 bridgehead atoms. The third-order valence-corrected chi connectivity index (χ3v) is 4.31. The number of amides is 1. The minimum absolute atomic E-state index is 0.0695. The Kier molecular flexibility index (Phi) is 4.70. The Bertz CT molecular complexity index is 455. The average Bonchev–Trinajstić information content (AvgIpc) is 2.42. The first-order valence-corrected chi connectivity index (χ1v) is 7.31. The van der Waals surface area contributed by atoms with Crippen molar-refractivity contribution < 1.29 is 4.79 Å². The summed E-state index contributed by atoms with van der Waals surface area (Å²) in [6.45, 7) is 2.09. The fraction of sp³-hybridized carbons (Fsp3) is 0.533. The average molecular weight is 281 g/mol. The van der Waals surface area contributed by atoms with Gasteiger partial charge in [-0.05, 0) is 43.9 Å². The Morgan fingerprint density at radius 1 is 1.37 bits per heavy atom. The molecule has 1 atom stereocenters. The molecule has 0 saturated heterocycles. The number of rotatable bonds is 3. The summed E-state index contributed by atoms with van der Waals surface area (Å²) in [5, 5.41) is 3.50. The zero-order valence-electron chi connectivity index (χ0n) is 11.3. The van der Waals surface area contributed by atoms with E-state index in [1.54, 1.807) is 18.2 Å². The first-order chi connectivity index (χ1) is 9.08. The van der Waals surface area contributed by atoms with Crippen LogP contribution in [0.4, 0.5) is 5.69 Å². The number of nitrogens with two attached hydrogens (primary N) is 1. The molecule has 1 fully saturated rings.